The van der Waals surface area contributed by atoms with Crippen LogP contribution in [0.25, 0.3) is 21.8 Å². The average molecular weight is 847 g/mol. The van der Waals surface area contributed by atoms with Crippen LogP contribution in [-0.2, 0) is 0 Å². The van der Waals surface area contributed by atoms with E-state index in [1.165, 1.54) is 42.7 Å². The van der Waals surface area contributed by atoms with Gasteiger partial charge >= 0.3 is 0 Å². The number of hydrogen-bond acceptors (Lipinski definition) is 9. The van der Waals surface area contributed by atoms with Gasteiger partial charge in [-0.25, -0.2) is 18.7 Å². The van der Waals surface area contributed by atoms with Crippen molar-refractivity contribution in [1.29, 1.82) is 0 Å². The van der Waals surface area contributed by atoms with E-state index >= 15 is 0 Å². The zero-order valence-electron chi connectivity index (χ0n) is 29.4. The first-order valence-electron chi connectivity index (χ1n) is 16.6. The number of anilines is 2. The molecular formula is C42H30Cl4F2N6O3. The molecule has 0 saturated heterocycles. The minimum atomic E-state index is -0.797. The van der Waals surface area contributed by atoms with Crippen LogP contribution in [0, 0.1) is 11.6 Å². The van der Waals surface area contributed by atoms with Gasteiger partial charge in [-0.3, -0.25) is 14.8 Å². The van der Waals surface area contributed by atoms with Crippen molar-refractivity contribution in [3.05, 3.63) is 188 Å². The topological polar surface area (TPSA) is 147 Å². The summed E-state index contributed by atoms with van der Waals surface area (Å²) >= 11 is 23.2. The third kappa shape index (κ3) is 11.2. The van der Waals surface area contributed by atoms with Crippen molar-refractivity contribution in [2.24, 2.45) is 0 Å². The Morgan fingerprint density at radius 3 is 1.79 bits per heavy atom. The number of halogens is 6. The summed E-state index contributed by atoms with van der Waals surface area (Å²) in [6.07, 6.45) is 6.65. The number of hydrogen-bond donors (Lipinski definition) is 4. The zero-order chi connectivity index (χ0) is 40.9. The SMILES string of the molecule is Nc1ccc(Cl)cn1.O=Cc1c(F)cccc1Cl.Oc1c(C(Nc2ccc(Cl)cn2)c2c(F)cccc2Cl)ccc2cccnc12.Oc1cccc2cccnc12. The van der Waals surface area contributed by atoms with Crippen molar-refractivity contribution in [3.8, 4) is 11.5 Å². The Hall–Kier alpha value is -6.11. The molecule has 288 valence electrons. The minimum absolute atomic E-state index is 0.0520. The molecule has 4 aromatic heterocycles. The van der Waals surface area contributed by atoms with E-state index in [1.54, 1.807) is 67.0 Å². The van der Waals surface area contributed by atoms with Gasteiger partial charge in [-0.2, -0.15) is 0 Å². The number of nitrogens with one attached hydrogen (secondary N) is 1. The fourth-order valence-corrected chi connectivity index (χ4v) is 5.88. The summed E-state index contributed by atoms with van der Waals surface area (Å²) < 4.78 is 27.3. The van der Waals surface area contributed by atoms with Crippen LogP contribution in [0.1, 0.15) is 27.5 Å². The number of phenolic OH excluding ortho intramolecular Hbond substituents is 2. The second-order valence-electron chi connectivity index (χ2n) is 11.7. The molecule has 0 radical (unpaired) electrons. The standard InChI is InChI=1S/C21H14Cl2FN3O.C9H7NO.C7H4ClFO.C5H5ClN2/c22-13-7-9-17(26-11-13)27-20(18-15(23)4-1-5-16(18)24)14-8-6-12-3-2-10-25-19(12)21(14)28;11-8-5-1-3-7-4-2-6-10-9(7)8;8-6-2-1-3-7(9)5(6)4-10;6-4-1-2-5(7)8-3-4/h1-11,20,28H,(H,26,27);1-6,11H;1-4H;1-3H,(H2,7,8). The van der Waals surface area contributed by atoms with E-state index in [9.17, 15) is 23.8 Å². The van der Waals surface area contributed by atoms with Crippen molar-refractivity contribution >= 4 is 86.1 Å². The van der Waals surface area contributed by atoms with Gasteiger partial charge in [-0.1, -0.05) is 94.9 Å². The predicted octanol–water partition coefficient (Wildman–Crippen LogP) is 11.5. The van der Waals surface area contributed by atoms with Crippen LogP contribution < -0.4 is 11.1 Å². The monoisotopic (exact) mass is 844 g/mol. The Balaban J connectivity index is 0.000000173. The third-order valence-electron chi connectivity index (χ3n) is 7.88. The molecule has 5 N–H and O–H groups in total. The number of nitrogens with zero attached hydrogens (tertiary/aromatic N) is 4. The van der Waals surface area contributed by atoms with Crippen molar-refractivity contribution < 1.29 is 23.8 Å². The van der Waals surface area contributed by atoms with Crippen molar-refractivity contribution in [1.82, 2.24) is 19.9 Å². The van der Waals surface area contributed by atoms with E-state index in [0.29, 0.717) is 44.6 Å². The minimum Gasteiger partial charge on any atom is -0.506 e. The highest BCUT2D eigenvalue weighted by atomic mass is 35.5. The quantitative estimate of drug-likeness (QED) is 0.124. The average Bonchev–Trinajstić information content (AvgIpc) is 3.21. The van der Waals surface area contributed by atoms with E-state index in [4.69, 9.17) is 52.1 Å². The first kappa shape index (κ1) is 42.0. The lowest BCUT2D eigenvalue weighted by molar-refractivity contribution is 0.112. The zero-order valence-corrected chi connectivity index (χ0v) is 32.4. The molecular weight excluding hydrogens is 816 g/mol. The van der Waals surface area contributed by atoms with Gasteiger partial charge < -0.3 is 21.3 Å². The highest BCUT2D eigenvalue weighted by molar-refractivity contribution is 6.33. The first-order chi connectivity index (χ1) is 27.5. The maximum atomic E-state index is 14.7. The lowest BCUT2D eigenvalue weighted by atomic mass is 9.95. The molecule has 0 bridgehead atoms. The van der Waals surface area contributed by atoms with E-state index in [0.717, 1.165) is 10.8 Å². The summed E-state index contributed by atoms with van der Waals surface area (Å²) in [7, 11) is 0. The summed E-state index contributed by atoms with van der Waals surface area (Å²) in [4.78, 5) is 26.3. The third-order valence-corrected chi connectivity index (χ3v) is 8.98. The molecule has 0 fully saturated rings. The molecule has 1 unspecified atom stereocenters. The molecule has 9 nitrogen and oxygen atoms in total. The van der Waals surface area contributed by atoms with Crippen LogP contribution in [0.5, 0.6) is 11.5 Å². The molecule has 57 heavy (non-hydrogen) atoms. The number of aromatic hydroxyl groups is 2. The van der Waals surface area contributed by atoms with Crippen LogP contribution in [0.4, 0.5) is 20.4 Å². The highest BCUT2D eigenvalue weighted by Crippen LogP contribution is 2.39. The number of carbonyl (C=O) groups excluding carboxylic acids is 1. The van der Waals surface area contributed by atoms with Gasteiger partial charge in [-0.15, -0.1) is 0 Å². The predicted molar refractivity (Wildman–Crippen MR) is 223 cm³/mol. The second kappa shape index (κ2) is 20.2. The lowest BCUT2D eigenvalue weighted by Crippen LogP contribution is -2.16. The lowest BCUT2D eigenvalue weighted by Gasteiger charge is -2.23. The van der Waals surface area contributed by atoms with Crippen molar-refractivity contribution in [2.45, 2.75) is 6.04 Å². The maximum absolute atomic E-state index is 14.7. The highest BCUT2D eigenvalue weighted by Gasteiger charge is 2.25. The number of aldehydes is 1. The van der Waals surface area contributed by atoms with Crippen LogP contribution in [0.15, 0.2) is 140 Å². The molecule has 15 heteroatoms. The Kier molecular flexibility index (Phi) is 14.9. The van der Waals surface area contributed by atoms with Gasteiger partial charge in [0.1, 0.15) is 45.8 Å². The van der Waals surface area contributed by atoms with Crippen LogP contribution in [-0.4, -0.2) is 36.4 Å². The van der Waals surface area contributed by atoms with Crippen molar-refractivity contribution in [3.63, 3.8) is 0 Å². The van der Waals surface area contributed by atoms with Crippen LogP contribution >= 0.6 is 46.4 Å². The molecule has 0 saturated carbocycles. The van der Waals surface area contributed by atoms with E-state index in [2.05, 4.69) is 25.3 Å². The Labute approximate surface area is 345 Å². The molecule has 4 aromatic carbocycles. The molecule has 0 spiro atoms. The Morgan fingerprint density at radius 1 is 0.632 bits per heavy atom. The summed E-state index contributed by atoms with van der Waals surface area (Å²) in [6, 6.07) is 30.7. The maximum Gasteiger partial charge on any atom is 0.154 e. The molecule has 0 aliphatic heterocycles. The number of carbonyl (C=O) groups is 1. The normalized spacial score (nSPS) is 10.8. The van der Waals surface area contributed by atoms with Crippen LogP contribution in [0.2, 0.25) is 20.1 Å². The molecule has 1 atom stereocenters. The van der Waals surface area contributed by atoms with Gasteiger partial charge in [-0.05, 0) is 66.7 Å². The summed E-state index contributed by atoms with van der Waals surface area (Å²) in [6.45, 7) is 0. The van der Waals surface area contributed by atoms with Gasteiger partial charge in [0.15, 0.2) is 6.29 Å². The molecule has 8 aromatic rings. The Morgan fingerprint density at radius 2 is 1.23 bits per heavy atom. The summed E-state index contributed by atoms with van der Waals surface area (Å²) in [5.74, 6) is 0.0533. The number of nitrogens with two attached hydrogens (primary N) is 1. The smallest absolute Gasteiger partial charge is 0.154 e. The Bertz CT molecular complexity index is 2540. The largest absolute Gasteiger partial charge is 0.506 e. The second-order valence-corrected chi connectivity index (χ2v) is 13.3. The number of nitrogen functional groups attached to an aromatic ring is 1. The number of aromatic nitrogens is 4. The number of fused-ring (bicyclic) bond motifs is 2. The van der Waals surface area contributed by atoms with Crippen LogP contribution in [0.3, 0.4) is 0 Å². The number of para-hydroxylation sites is 1. The number of rotatable bonds is 5. The molecule has 0 aliphatic carbocycles. The van der Waals surface area contributed by atoms with E-state index in [-0.39, 0.29) is 32.7 Å². The van der Waals surface area contributed by atoms with Gasteiger partial charge in [0.05, 0.1) is 26.7 Å². The van der Waals surface area contributed by atoms with Crippen molar-refractivity contribution in [2.75, 3.05) is 11.1 Å². The number of phenols is 2. The molecule has 4 heterocycles. The molecule has 0 amide bonds. The van der Waals surface area contributed by atoms with E-state index < -0.39 is 17.7 Å². The molecule has 8 rings (SSSR count). The summed E-state index contributed by atoms with van der Waals surface area (Å²) in [5.41, 5.74) is 6.89. The first-order valence-corrected chi connectivity index (χ1v) is 18.2. The van der Waals surface area contributed by atoms with Gasteiger partial charge in [0.2, 0.25) is 0 Å². The fourth-order valence-electron chi connectivity index (χ4n) is 5.18. The van der Waals surface area contributed by atoms with Gasteiger partial charge in [0, 0.05) is 51.7 Å². The fraction of sp³-hybridized carbons (Fsp3) is 0.0238. The molecule has 0 aliphatic rings. The number of benzene rings is 4. The summed E-state index contributed by atoms with van der Waals surface area (Å²) in [5, 5.41) is 26.5. The van der Waals surface area contributed by atoms with E-state index in [1.807, 2.05) is 30.3 Å². The number of pyridine rings is 4. The van der Waals surface area contributed by atoms with Gasteiger partial charge in [0.25, 0.3) is 0 Å².